The highest BCUT2D eigenvalue weighted by Crippen LogP contribution is 2.24. The molecule has 126 valence electrons. The minimum absolute atomic E-state index is 0.265. The lowest BCUT2D eigenvalue weighted by Gasteiger charge is -2.34. The third-order valence-electron chi connectivity index (χ3n) is 4.17. The number of aryl methyl sites for hydroxylation is 1. The first-order valence-corrected chi connectivity index (χ1v) is 9.05. The molecule has 1 aromatic carbocycles. The Labute approximate surface area is 145 Å². The lowest BCUT2D eigenvalue weighted by molar-refractivity contribution is -0.0707. The van der Waals surface area contributed by atoms with E-state index in [0.717, 1.165) is 41.5 Å². The summed E-state index contributed by atoms with van der Waals surface area (Å²) in [7, 11) is 0. The maximum atomic E-state index is 5.78. The van der Waals surface area contributed by atoms with Crippen molar-refractivity contribution in [3.05, 3.63) is 35.1 Å². The first-order chi connectivity index (χ1) is 11.6. The Hall–Kier alpha value is -1.83. The molecule has 0 saturated carbocycles. The second-order valence-corrected chi connectivity index (χ2v) is 7.73. The summed E-state index contributed by atoms with van der Waals surface area (Å²) in [6, 6.07) is 6.21. The number of nitrogens with zero attached hydrogens (tertiary/aromatic N) is 5. The minimum atomic E-state index is 0.265. The van der Waals surface area contributed by atoms with Crippen LogP contribution in [-0.2, 0) is 11.3 Å². The molecule has 3 heterocycles. The van der Waals surface area contributed by atoms with Crippen LogP contribution in [0.4, 0.5) is 0 Å². The van der Waals surface area contributed by atoms with Crippen LogP contribution in [0.1, 0.15) is 24.5 Å². The van der Waals surface area contributed by atoms with Crippen LogP contribution in [0, 0.1) is 6.92 Å². The SMILES string of the molecule is Cc1nc2ccc(-n3cc(CN4C[C@@H](C)O[C@@H](C)C4)nn3)cc2s1. The van der Waals surface area contributed by atoms with Gasteiger partial charge in [0.15, 0.2) is 0 Å². The Morgan fingerprint density at radius 1 is 1.25 bits per heavy atom. The van der Waals surface area contributed by atoms with E-state index in [0.29, 0.717) is 0 Å². The molecule has 0 unspecified atom stereocenters. The Morgan fingerprint density at radius 2 is 2.04 bits per heavy atom. The Morgan fingerprint density at radius 3 is 2.83 bits per heavy atom. The lowest BCUT2D eigenvalue weighted by Crippen LogP contribution is -2.44. The summed E-state index contributed by atoms with van der Waals surface area (Å²) in [4.78, 5) is 6.88. The monoisotopic (exact) mass is 343 g/mol. The third kappa shape index (κ3) is 3.19. The van der Waals surface area contributed by atoms with E-state index in [1.54, 1.807) is 11.3 Å². The predicted octanol–water partition coefficient (Wildman–Crippen LogP) is 2.79. The molecule has 3 aromatic rings. The molecule has 1 fully saturated rings. The summed E-state index contributed by atoms with van der Waals surface area (Å²) in [5, 5.41) is 9.72. The third-order valence-corrected chi connectivity index (χ3v) is 5.10. The van der Waals surface area contributed by atoms with Crippen molar-refractivity contribution in [2.75, 3.05) is 13.1 Å². The van der Waals surface area contributed by atoms with E-state index in [9.17, 15) is 0 Å². The van der Waals surface area contributed by atoms with Crippen molar-refractivity contribution < 1.29 is 4.74 Å². The summed E-state index contributed by atoms with van der Waals surface area (Å²) >= 11 is 1.70. The van der Waals surface area contributed by atoms with Gasteiger partial charge in [0.2, 0.25) is 0 Å². The number of rotatable bonds is 3. The van der Waals surface area contributed by atoms with Crippen LogP contribution in [0.2, 0.25) is 0 Å². The van der Waals surface area contributed by atoms with Crippen LogP contribution < -0.4 is 0 Å². The van der Waals surface area contributed by atoms with Crippen LogP contribution >= 0.6 is 11.3 Å². The largest absolute Gasteiger partial charge is 0.373 e. The molecule has 1 aliphatic rings. The standard InChI is InChI=1S/C17H21N5OS/c1-11-7-21(8-12(2)23-11)9-14-10-22(20-19-14)15-4-5-16-17(6-15)24-13(3)18-16/h4-6,10-12H,7-9H2,1-3H3/t11-,12+. The van der Waals surface area contributed by atoms with E-state index in [-0.39, 0.29) is 12.2 Å². The lowest BCUT2D eigenvalue weighted by atomic mass is 10.2. The van der Waals surface area contributed by atoms with E-state index in [4.69, 9.17) is 4.74 Å². The Kier molecular flexibility index (Phi) is 4.07. The molecule has 7 heteroatoms. The van der Waals surface area contributed by atoms with Crippen molar-refractivity contribution >= 4 is 21.6 Å². The topological polar surface area (TPSA) is 56.1 Å². The summed E-state index contributed by atoms with van der Waals surface area (Å²) in [5.74, 6) is 0. The minimum Gasteiger partial charge on any atom is -0.373 e. The molecule has 0 N–H and O–H groups in total. The molecule has 0 bridgehead atoms. The quantitative estimate of drug-likeness (QED) is 0.732. The molecule has 2 aromatic heterocycles. The summed E-state index contributed by atoms with van der Waals surface area (Å²) in [5.41, 5.74) is 3.04. The molecule has 0 spiro atoms. The highest BCUT2D eigenvalue weighted by Gasteiger charge is 2.22. The van der Waals surface area contributed by atoms with E-state index < -0.39 is 0 Å². The van der Waals surface area contributed by atoms with Gasteiger partial charge in [-0.2, -0.15) is 0 Å². The summed E-state index contributed by atoms with van der Waals surface area (Å²) in [6.07, 6.45) is 2.54. The Bertz CT molecular complexity index is 848. The normalized spacial score (nSPS) is 22.3. The molecule has 6 nitrogen and oxygen atoms in total. The van der Waals surface area contributed by atoms with Gasteiger partial charge < -0.3 is 4.74 Å². The van der Waals surface area contributed by atoms with Crippen molar-refractivity contribution in [1.82, 2.24) is 24.9 Å². The number of hydrogen-bond acceptors (Lipinski definition) is 6. The van der Waals surface area contributed by atoms with Crippen molar-refractivity contribution in [3.63, 3.8) is 0 Å². The maximum Gasteiger partial charge on any atom is 0.0971 e. The van der Waals surface area contributed by atoms with Gasteiger partial charge in [0, 0.05) is 19.6 Å². The number of benzene rings is 1. The molecule has 0 aliphatic carbocycles. The zero-order valence-corrected chi connectivity index (χ0v) is 15.0. The fraction of sp³-hybridized carbons (Fsp3) is 0.471. The number of fused-ring (bicyclic) bond motifs is 1. The number of aromatic nitrogens is 4. The fourth-order valence-electron chi connectivity index (χ4n) is 3.31. The van der Waals surface area contributed by atoms with Crippen LogP contribution in [0.15, 0.2) is 24.4 Å². The van der Waals surface area contributed by atoms with Crippen LogP contribution in [0.5, 0.6) is 0 Å². The number of thiazole rings is 1. The van der Waals surface area contributed by atoms with E-state index in [2.05, 4.69) is 40.1 Å². The molecule has 2 atom stereocenters. The van der Waals surface area contributed by atoms with Gasteiger partial charge in [-0.05, 0) is 39.0 Å². The average Bonchev–Trinajstić information content (AvgIpc) is 3.10. The number of morpholine rings is 1. The molecule has 0 amide bonds. The Balaban J connectivity index is 1.53. The molecule has 4 rings (SSSR count). The highest BCUT2D eigenvalue weighted by molar-refractivity contribution is 7.18. The van der Waals surface area contributed by atoms with Gasteiger partial charge in [-0.3, -0.25) is 4.90 Å². The van der Waals surface area contributed by atoms with E-state index >= 15 is 0 Å². The molecule has 1 aliphatic heterocycles. The van der Waals surface area contributed by atoms with E-state index in [1.807, 2.05) is 29.9 Å². The summed E-state index contributed by atoms with van der Waals surface area (Å²) in [6.45, 7) is 8.94. The van der Waals surface area contributed by atoms with Crippen molar-refractivity contribution in [2.45, 2.75) is 39.5 Å². The van der Waals surface area contributed by atoms with Crippen LogP contribution in [0.25, 0.3) is 15.9 Å². The molecule has 24 heavy (non-hydrogen) atoms. The number of hydrogen-bond donors (Lipinski definition) is 0. The zero-order valence-electron chi connectivity index (χ0n) is 14.1. The highest BCUT2D eigenvalue weighted by atomic mass is 32.1. The molecule has 0 radical (unpaired) electrons. The first-order valence-electron chi connectivity index (χ1n) is 8.23. The van der Waals surface area contributed by atoms with Crippen LogP contribution in [0.3, 0.4) is 0 Å². The average molecular weight is 343 g/mol. The van der Waals surface area contributed by atoms with Gasteiger partial charge in [0.25, 0.3) is 0 Å². The van der Waals surface area contributed by atoms with Gasteiger partial charge >= 0.3 is 0 Å². The molecule has 1 saturated heterocycles. The summed E-state index contributed by atoms with van der Waals surface area (Å²) < 4.78 is 8.81. The van der Waals surface area contributed by atoms with Gasteiger partial charge in [-0.25, -0.2) is 9.67 Å². The van der Waals surface area contributed by atoms with Crippen molar-refractivity contribution in [1.29, 1.82) is 0 Å². The van der Waals surface area contributed by atoms with Gasteiger partial charge in [0.05, 0.1) is 45.0 Å². The predicted molar refractivity (Wildman–Crippen MR) is 94.6 cm³/mol. The van der Waals surface area contributed by atoms with E-state index in [1.165, 1.54) is 4.70 Å². The molecular formula is C17H21N5OS. The van der Waals surface area contributed by atoms with Crippen molar-refractivity contribution in [3.8, 4) is 5.69 Å². The van der Waals surface area contributed by atoms with Gasteiger partial charge in [0.1, 0.15) is 0 Å². The second kappa shape index (κ2) is 6.23. The number of ether oxygens (including phenoxy) is 1. The maximum absolute atomic E-state index is 5.78. The van der Waals surface area contributed by atoms with Crippen LogP contribution in [-0.4, -0.2) is 50.2 Å². The zero-order chi connectivity index (χ0) is 16.7. The second-order valence-electron chi connectivity index (χ2n) is 6.49. The van der Waals surface area contributed by atoms with Gasteiger partial charge in [-0.15, -0.1) is 16.4 Å². The fourth-order valence-corrected chi connectivity index (χ4v) is 4.17. The smallest absolute Gasteiger partial charge is 0.0971 e. The van der Waals surface area contributed by atoms with Gasteiger partial charge in [-0.1, -0.05) is 5.21 Å². The molecular weight excluding hydrogens is 322 g/mol. The first kappa shape index (κ1) is 15.7. The van der Waals surface area contributed by atoms with Crippen molar-refractivity contribution in [2.24, 2.45) is 0 Å².